The summed E-state index contributed by atoms with van der Waals surface area (Å²) in [5.74, 6) is 1.27. The summed E-state index contributed by atoms with van der Waals surface area (Å²) in [4.78, 5) is 8.85. The van der Waals surface area contributed by atoms with Gasteiger partial charge in [-0.05, 0) is 12.1 Å². The van der Waals surface area contributed by atoms with E-state index in [1.165, 1.54) is 0 Å². The van der Waals surface area contributed by atoms with E-state index in [1.807, 2.05) is 24.3 Å². The second kappa shape index (κ2) is 6.86. The van der Waals surface area contributed by atoms with E-state index in [-0.39, 0.29) is 6.61 Å². The Kier molecular flexibility index (Phi) is 4.88. The quantitative estimate of drug-likeness (QED) is 0.648. The summed E-state index contributed by atoms with van der Waals surface area (Å²) in [5.41, 5.74) is 0.859. The number of methoxy groups -OCH3 is 1. The zero-order valence-electron chi connectivity index (χ0n) is 10.9. The highest BCUT2D eigenvalue weighted by Crippen LogP contribution is 2.21. The van der Waals surface area contributed by atoms with E-state index >= 15 is 0 Å². The van der Waals surface area contributed by atoms with E-state index in [0.29, 0.717) is 25.6 Å². The third-order valence-corrected chi connectivity index (χ3v) is 2.60. The average molecular weight is 262 g/mol. The Morgan fingerprint density at radius 3 is 2.79 bits per heavy atom. The summed E-state index contributed by atoms with van der Waals surface area (Å²) >= 11 is 0. The summed E-state index contributed by atoms with van der Waals surface area (Å²) in [5, 5.41) is 16.0. The van der Waals surface area contributed by atoms with E-state index in [9.17, 15) is 0 Å². The van der Waals surface area contributed by atoms with Crippen LogP contribution in [-0.4, -0.2) is 48.5 Å². The lowest BCUT2D eigenvalue weighted by Gasteiger charge is -2.10. The standard InChI is InChI=1S/C13H18N4O2/c1-19-9-7-15-13-16-11-5-3-2-4-10(11)12(17-13)14-6-8-18/h2-5,18H,6-9H2,1H3,(H2,14,15,16,17). The van der Waals surface area contributed by atoms with Crippen molar-refractivity contribution in [2.45, 2.75) is 0 Å². The summed E-state index contributed by atoms with van der Waals surface area (Å²) in [6.07, 6.45) is 0. The van der Waals surface area contributed by atoms with Crippen LogP contribution >= 0.6 is 0 Å². The van der Waals surface area contributed by atoms with Crippen LogP contribution in [0.3, 0.4) is 0 Å². The minimum atomic E-state index is 0.0603. The molecule has 0 unspecified atom stereocenters. The fourth-order valence-corrected chi connectivity index (χ4v) is 1.73. The molecule has 0 bridgehead atoms. The van der Waals surface area contributed by atoms with Gasteiger partial charge in [0.2, 0.25) is 5.95 Å². The van der Waals surface area contributed by atoms with Gasteiger partial charge in [0.1, 0.15) is 5.82 Å². The summed E-state index contributed by atoms with van der Waals surface area (Å²) < 4.78 is 4.98. The number of para-hydroxylation sites is 1. The van der Waals surface area contributed by atoms with Crippen molar-refractivity contribution in [2.24, 2.45) is 0 Å². The Hall–Kier alpha value is -1.92. The van der Waals surface area contributed by atoms with Crippen molar-refractivity contribution in [2.75, 3.05) is 44.0 Å². The molecule has 6 nitrogen and oxygen atoms in total. The molecule has 0 saturated heterocycles. The first-order valence-corrected chi connectivity index (χ1v) is 6.19. The van der Waals surface area contributed by atoms with E-state index in [4.69, 9.17) is 9.84 Å². The number of aliphatic hydroxyl groups excluding tert-OH is 1. The Morgan fingerprint density at radius 1 is 1.16 bits per heavy atom. The normalized spacial score (nSPS) is 10.6. The van der Waals surface area contributed by atoms with Crippen molar-refractivity contribution in [3.05, 3.63) is 24.3 Å². The third kappa shape index (κ3) is 3.52. The van der Waals surface area contributed by atoms with Crippen LogP contribution in [0.25, 0.3) is 10.9 Å². The molecule has 102 valence electrons. The van der Waals surface area contributed by atoms with Crippen LogP contribution in [0.5, 0.6) is 0 Å². The van der Waals surface area contributed by atoms with E-state index in [0.717, 1.165) is 16.7 Å². The number of benzene rings is 1. The largest absolute Gasteiger partial charge is 0.395 e. The van der Waals surface area contributed by atoms with Gasteiger partial charge in [0, 0.05) is 25.6 Å². The highest BCUT2D eigenvalue weighted by molar-refractivity contribution is 5.89. The fourth-order valence-electron chi connectivity index (χ4n) is 1.73. The van der Waals surface area contributed by atoms with Gasteiger partial charge in [0.15, 0.2) is 0 Å². The molecule has 0 atom stereocenters. The van der Waals surface area contributed by atoms with Crippen molar-refractivity contribution in [3.8, 4) is 0 Å². The van der Waals surface area contributed by atoms with Gasteiger partial charge in [-0.3, -0.25) is 0 Å². The Morgan fingerprint density at radius 2 is 2.00 bits per heavy atom. The van der Waals surface area contributed by atoms with E-state index in [1.54, 1.807) is 7.11 Å². The maximum atomic E-state index is 8.90. The van der Waals surface area contributed by atoms with Gasteiger partial charge in [-0.25, -0.2) is 4.98 Å². The Labute approximate surface area is 111 Å². The monoisotopic (exact) mass is 262 g/mol. The summed E-state index contributed by atoms with van der Waals surface area (Å²) in [6.45, 7) is 1.76. The van der Waals surface area contributed by atoms with Crippen molar-refractivity contribution in [1.29, 1.82) is 0 Å². The van der Waals surface area contributed by atoms with Gasteiger partial charge in [-0.15, -0.1) is 0 Å². The summed E-state index contributed by atoms with van der Waals surface area (Å²) in [7, 11) is 1.65. The SMILES string of the molecule is COCCNc1nc(NCCO)c2ccccc2n1. The molecule has 0 aliphatic heterocycles. The molecule has 0 amide bonds. The average Bonchev–Trinajstić information content (AvgIpc) is 2.45. The Bertz CT molecular complexity index is 533. The van der Waals surface area contributed by atoms with Gasteiger partial charge >= 0.3 is 0 Å². The molecule has 0 fully saturated rings. The van der Waals surface area contributed by atoms with Gasteiger partial charge in [-0.2, -0.15) is 4.98 Å². The van der Waals surface area contributed by atoms with Crippen molar-refractivity contribution >= 4 is 22.7 Å². The van der Waals surface area contributed by atoms with Crippen molar-refractivity contribution in [3.63, 3.8) is 0 Å². The third-order valence-electron chi connectivity index (χ3n) is 2.60. The van der Waals surface area contributed by atoms with Crippen LogP contribution in [0.1, 0.15) is 0 Å². The van der Waals surface area contributed by atoms with Crippen LogP contribution in [0.15, 0.2) is 24.3 Å². The number of aromatic nitrogens is 2. The molecule has 19 heavy (non-hydrogen) atoms. The minimum Gasteiger partial charge on any atom is -0.395 e. The molecule has 1 aromatic heterocycles. The minimum absolute atomic E-state index is 0.0603. The lowest BCUT2D eigenvalue weighted by Crippen LogP contribution is -2.13. The molecular formula is C13H18N4O2. The second-order valence-electron chi connectivity index (χ2n) is 3.98. The van der Waals surface area contributed by atoms with Gasteiger partial charge < -0.3 is 20.5 Å². The second-order valence-corrected chi connectivity index (χ2v) is 3.98. The number of hydrogen-bond donors (Lipinski definition) is 3. The molecular weight excluding hydrogens is 244 g/mol. The van der Waals surface area contributed by atoms with Gasteiger partial charge in [-0.1, -0.05) is 12.1 Å². The number of hydrogen-bond acceptors (Lipinski definition) is 6. The molecule has 6 heteroatoms. The molecule has 0 aliphatic rings. The predicted octanol–water partition coefficient (Wildman–Crippen LogP) is 1.09. The van der Waals surface area contributed by atoms with Crippen LogP contribution in [-0.2, 0) is 4.74 Å². The molecule has 0 spiro atoms. The molecule has 2 rings (SSSR count). The molecule has 0 aliphatic carbocycles. The van der Waals surface area contributed by atoms with Crippen molar-refractivity contribution in [1.82, 2.24) is 9.97 Å². The molecule has 1 aromatic carbocycles. The maximum Gasteiger partial charge on any atom is 0.225 e. The molecule has 3 N–H and O–H groups in total. The lowest BCUT2D eigenvalue weighted by molar-refractivity contribution is 0.210. The zero-order chi connectivity index (χ0) is 13.5. The number of fused-ring (bicyclic) bond motifs is 1. The number of nitrogens with one attached hydrogen (secondary N) is 2. The number of rotatable bonds is 7. The number of aliphatic hydroxyl groups is 1. The van der Waals surface area contributed by atoms with Gasteiger partial charge in [0.25, 0.3) is 0 Å². The Balaban J connectivity index is 2.27. The molecule has 2 aromatic rings. The fraction of sp³-hybridized carbons (Fsp3) is 0.385. The first-order chi connectivity index (χ1) is 9.35. The first kappa shape index (κ1) is 13.5. The van der Waals surface area contributed by atoms with Crippen LogP contribution in [0.4, 0.5) is 11.8 Å². The van der Waals surface area contributed by atoms with Crippen molar-refractivity contribution < 1.29 is 9.84 Å². The topological polar surface area (TPSA) is 79.3 Å². The van der Waals surface area contributed by atoms with Crippen LogP contribution < -0.4 is 10.6 Å². The number of anilines is 2. The molecule has 0 radical (unpaired) electrons. The highest BCUT2D eigenvalue weighted by Gasteiger charge is 2.06. The molecule has 0 saturated carbocycles. The van der Waals surface area contributed by atoms with E-state index < -0.39 is 0 Å². The first-order valence-electron chi connectivity index (χ1n) is 6.19. The van der Waals surface area contributed by atoms with Gasteiger partial charge in [0.05, 0.1) is 18.7 Å². The smallest absolute Gasteiger partial charge is 0.225 e. The predicted molar refractivity (Wildman–Crippen MR) is 75.5 cm³/mol. The maximum absolute atomic E-state index is 8.90. The van der Waals surface area contributed by atoms with Crippen LogP contribution in [0.2, 0.25) is 0 Å². The number of nitrogens with zero attached hydrogens (tertiary/aromatic N) is 2. The lowest BCUT2D eigenvalue weighted by atomic mass is 10.2. The zero-order valence-corrected chi connectivity index (χ0v) is 10.9. The number of ether oxygens (including phenoxy) is 1. The summed E-state index contributed by atoms with van der Waals surface area (Å²) in [6, 6.07) is 7.76. The highest BCUT2D eigenvalue weighted by atomic mass is 16.5. The van der Waals surface area contributed by atoms with E-state index in [2.05, 4.69) is 20.6 Å². The van der Waals surface area contributed by atoms with Crippen LogP contribution in [0, 0.1) is 0 Å². The molecule has 1 heterocycles.